The van der Waals surface area contributed by atoms with E-state index in [0.29, 0.717) is 44.8 Å². The fourth-order valence-electron chi connectivity index (χ4n) is 4.32. The minimum atomic E-state index is -2.03. The predicted octanol–water partition coefficient (Wildman–Crippen LogP) is 3.96. The number of benzene rings is 3. The molecule has 38 heavy (non-hydrogen) atoms. The predicted molar refractivity (Wildman–Crippen MR) is 140 cm³/mol. The molecule has 1 aliphatic rings. The lowest BCUT2D eigenvalue weighted by molar-refractivity contribution is -0.185. The highest BCUT2D eigenvalue weighted by molar-refractivity contribution is 7.00. The lowest BCUT2D eigenvalue weighted by atomic mass is 9.87. The largest absolute Gasteiger partial charge is 0.497 e. The first-order chi connectivity index (χ1) is 18.3. The van der Waals surface area contributed by atoms with Crippen molar-refractivity contribution >= 4 is 40.3 Å². The van der Waals surface area contributed by atoms with Gasteiger partial charge in [0.15, 0.2) is 6.61 Å². The Labute approximate surface area is 222 Å². The van der Waals surface area contributed by atoms with Gasteiger partial charge in [0.25, 0.3) is 5.79 Å². The monoisotopic (exact) mass is 532 g/mol. The topological polar surface area (TPSA) is 117 Å². The van der Waals surface area contributed by atoms with Crippen LogP contribution >= 0.6 is 11.7 Å². The van der Waals surface area contributed by atoms with Crippen LogP contribution in [0.3, 0.4) is 0 Å². The van der Waals surface area contributed by atoms with Crippen molar-refractivity contribution in [3.63, 3.8) is 0 Å². The number of cyclic esters (lactones) is 1. The van der Waals surface area contributed by atoms with Crippen molar-refractivity contribution in [1.29, 1.82) is 0 Å². The molecule has 1 aromatic heterocycles. The van der Waals surface area contributed by atoms with E-state index in [0.717, 1.165) is 17.3 Å². The van der Waals surface area contributed by atoms with Crippen LogP contribution in [0, 0.1) is 6.92 Å². The maximum absolute atomic E-state index is 13.4. The standard InChI is InChI=1S/C28H24N2O7S/c1-16-4-8-19(9-5-16)28(33)21(12-17-6-10-20(34-2)14-24(17)36-15-25(31)35-3)26(27(32)37-28)18-7-11-22-23(13-18)30-38-29-22/h4-11,13-14,33H,12,15H2,1-3H3. The minimum absolute atomic E-state index is 0.0688. The average molecular weight is 533 g/mol. The highest BCUT2D eigenvalue weighted by Crippen LogP contribution is 2.46. The van der Waals surface area contributed by atoms with Crippen LogP contribution in [-0.4, -0.2) is 46.6 Å². The molecular weight excluding hydrogens is 508 g/mol. The van der Waals surface area contributed by atoms with Gasteiger partial charge in [-0.05, 0) is 36.2 Å². The van der Waals surface area contributed by atoms with E-state index >= 15 is 0 Å². The van der Waals surface area contributed by atoms with Gasteiger partial charge in [0.05, 0.1) is 31.5 Å². The maximum Gasteiger partial charge on any atom is 0.343 e. The molecule has 0 aliphatic carbocycles. The number of carbonyl (C=O) groups excluding carboxylic acids is 2. The molecule has 1 N–H and O–H groups in total. The molecule has 5 rings (SSSR count). The lowest BCUT2D eigenvalue weighted by Gasteiger charge is -2.26. The molecule has 0 saturated heterocycles. The number of carbonyl (C=O) groups is 2. The molecule has 2 heterocycles. The quantitative estimate of drug-likeness (QED) is 0.337. The number of hydrogen-bond donors (Lipinski definition) is 1. The van der Waals surface area contributed by atoms with Crippen molar-refractivity contribution in [1.82, 2.24) is 8.75 Å². The van der Waals surface area contributed by atoms with E-state index in [4.69, 9.17) is 18.9 Å². The third-order valence-corrected chi connectivity index (χ3v) is 6.91. The summed E-state index contributed by atoms with van der Waals surface area (Å²) in [6.07, 6.45) is 0.0688. The summed E-state index contributed by atoms with van der Waals surface area (Å²) in [4.78, 5) is 25.1. The van der Waals surface area contributed by atoms with Gasteiger partial charge in [0.2, 0.25) is 0 Å². The number of fused-ring (bicyclic) bond motifs is 1. The van der Waals surface area contributed by atoms with Gasteiger partial charge in [-0.15, -0.1) is 0 Å². The number of esters is 2. The summed E-state index contributed by atoms with van der Waals surface area (Å²) in [5.41, 5.74) is 4.41. The third kappa shape index (κ3) is 4.71. The van der Waals surface area contributed by atoms with Crippen molar-refractivity contribution < 1.29 is 33.6 Å². The number of aliphatic hydroxyl groups is 1. The van der Waals surface area contributed by atoms with Crippen LogP contribution in [0.4, 0.5) is 0 Å². The van der Waals surface area contributed by atoms with Gasteiger partial charge in [-0.1, -0.05) is 42.0 Å². The molecule has 0 bridgehead atoms. The summed E-state index contributed by atoms with van der Waals surface area (Å²) in [5, 5.41) is 11.9. The van der Waals surface area contributed by atoms with E-state index in [1.54, 1.807) is 48.5 Å². The Morgan fingerprint density at radius 3 is 2.53 bits per heavy atom. The molecule has 1 unspecified atom stereocenters. The minimum Gasteiger partial charge on any atom is -0.497 e. The molecule has 3 aromatic carbocycles. The summed E-state index contributed by atoms with van der Waals surface area (Å²) >= 11 is 1.07. The summed E-state index contributed by atoms with van der Waals surface area (Å²) in [5.74, 6) is -2.41. The van der Waals surface area contributed by atoms with E-state index in [9.17, 15) is 14.7 Å². The molecular formula is C28H24N2O7S. The summed E-state index contributed by atoms with van der Waals surface area (Å²) in [6.45, 7) is 1.60. The smallest absolute Gasteiger partial charge is 0.343 e. The molecule has 10 heteroatoms. The zero-order valence-electron chi connectivity index (χ0n) is 20.9. The normalized spacial score (nSPS) is 17.0. The zero-order chi connectivity index (χ0) is 26.9. The molecule has 1 aliphatic heterocycles. The van der Waals surface area contributed by atoms with Gasteiger partial charge in [-0.25, -0.2) is 9.59 Å². The van der Waals surface area contributed by atoms with Crippen LogP contribution in [0.1, 0.15) is 22.3 Å². The van der Waals surface area contributed by atoms with Crippen LogP contribution < -0.4 is 9.47 Å². The van der Waals surface area contributed by atoms with Crippen LogP contribution in [0.5, 0.6) is 11.5 Å². The Bertz CT molecular complexity index is 1560. The van der Waals surface area contributed by atoms with Gasteiger partial charge in [0, 0.05) is 23.6 Å². The second kappa shape index (κ2) is 10.2. The maximum atomic E-state index is 13.4. The number of hydrogen-bond acceptors (Lipinski definition) is 10. The first-order valence-corrected chi connectivity index (χ1v) is 12.4. The highest BCUT2D eigenvalue weighted by atomic mass is 32.1. The number of ether oxygens (including phenoxy) is 4. The Kier molecular flexibility index (Phi) is 6.83. The summed E-state index contributed by atoms with van der Waals surface area (Å²) < 4.78 is 30.0. The Balaban J connectivity index is 1.66. The number of aromatic nitrogens is 2. The molecule has 0 spiro atoms. The van der Waals surface area contributed by atoms with Crippen LogP contribution in [0.25, 0.3) is 16.6 Å². The highest BCUT2D eigenvalue weighted by Gasteiger charge is 2.48. The molecule has 0 fully saturated rings. The number of nitrogens with zero attached hydrogens (tertiary/aromatic N) is 2. The summed E-state index contributed by atoms with van der Waals surface area (Å²) in [6, 6.07) is 17.5. The van der Waals surface area contributed by atoms with Crippen LogP contribution in [0.15, 0.2) is 66.2 Å². The van der Waals surface area contributed by atoms with Gasteiger partial charge in [-0.2, -0.15) is 8.75 Å². The third-order valence-electron chi connectivity index (χ3n) is 6.36. The molecule has 9 nitrogen and oxygen atoms in total. The zero-order valence-corrected chi connectivity index (χ0v) is 21.7. The Morgan fingerprint density at radius 2 is 1.79 bits per heavy atom. The van der Waals surface area contributed by atoms with E-state index in [2.05, 4.69) is 8.75 Å². The molecule has 4 aromatic rings. The van der Waals surface area contributed by atoms with Crippen molar-refractivity contribution in [3.05, 3.63) is 88.5 Å². The van der Waals surface area contributed by atoms with Gasteiger partial charge in [0.1, 0.15) is 22.5 Å². The number of aryl methyl sites for hydroxylation is 1. The van der Waals surface area contributed by atoms with Crippen LogP contribution in [0.2, 0.25) is 0 Å². The first kappa shape index (κ1) is 25.4. The van der Waals surface area contributed by atoms with Crippen molar-refractivity contribution in [2.45, 2.75) is 19.1 Å². The van der Waals surface area contributed by atoms with E-state index in [-0.39, 0.29) is 18.6 Å². The van der Waals surface area contributed by atoms with Crippen molar-refractivity contribution in [2.24, 2.45) is 0 Å². The fraction of sp³-hybridized carbons (Fsp3) is 0.214. The van der Waals surface area contributed by atoms with Crippen molar-refractivity contribution in [2.75, 3.05) is 20.8 Å². The SMILES string of the molecule is COC(=O)COc1cc(OC)ccc1CC1=C(c2ccc3nsnc3c2)C(=O)OC1(O)c1ccc(C)cc1. The molecule has 0 amide bonds. The second-order valence-electron chi connectivity index (χ2n) is 8.74. The average Bonchev–Trinajstić information content (AvgIpc) is 3.49. The molecule has 194 valence electrons. The molecule has 0 saturated carbocycles. The van der Waals surface area contributed by atoms with E-state index in [1.165, 1.54) is 14.2 Å². The van der Waals surface area contributed by atoms with Gasteiger partial charge >= 0.3 is 11.9 Å². The Hall–Kier alpha value is -4.28. The van der Waals surface area contributed by atoms with Gasteiger partial charge < -0.3 is 24.1 Å². The lowest BCUT2D eigenvalue weighted by Crippen LogP contribution is -2.30. The molecule has 0 radical (unpaired) electrons. The molecule has 1 atom stereocenters. The summed E-state index contributed by atoms with van der Waals surface area (Å²) in [7, 11) is 2.79. The Morgan fingerprint density at radius 1 is 1.03 bits per heavy atom. The van der Waals surface area contributed by atoms with Gasteiger partial charge in [-0.3, -0.25) is 0 Å². The van der Waals surface area contributed by atoms with Crippen LogP contribution in [-0.2, 0) is 31.3 Å². The number of methoxy groups -OCH3 is 2. The van der Waals surface area contributed by atoms with E-state index < -0.39 is 17.7 Å². The first-order valence-electron chi connectivity index (χ1n) is 11.7. The van der Waals surface area contributed by atoms with E-state index in [1.807, 2.05) is 19.1 Å². The fourth-order valence-corrected chi connectivity index (χ4v) is 4.84. The van der Waals surface area contributed by atoms with Crippen molar-refractivity contribution in [3.8, 4) is 11.5 Å². The second-order valence-corrected chi connectivity index (χ2v) is 9.26. The number of rotatable bonds is 8.